The summed E-state index contributed by atoms with van der Waals surface area (Å²) in [6.45, 7) is 15.4. The first-order chi connectivity index (χ1) is 26.9. The average molecular weight is 800 g/mol. The van der Waals surface area contributed by atoms with Crippen molar-refractivity contribution >= 4 is 23.8 Å². The molecule has 0 aromatic heterocycles. The van der Waals surface area contributed by atoms with Gasteiger partial charge in [-0.3, -0.25) is 9.59 Å². The maximum atomic E-state index is 14.7. The Labute approximate surface area is 338 Å². The molecule has 0 spiro atoms. The van der Waals surface area contributed by atoms with E-state index >= 15 is 0 Å². The van der Waals surface area contributed by atoms with Crippen molar-refractivity contribution in [3.63, 3.8) is 0 Å². The van der Waals surface area contributed by atoms with E-state index in [9.17, 15) is 19.2 Å². The third-order valence-corrected chi connectivity index (χ3v) is 12.3. The lowest BCUT2D eigenvalue weighted by atomic mass is 9.73. The van der Waals surface area contributed by atoms with Gasteiger partial charge in [0.1, 0.15) is 11.9 Å². The molecular formula is C42H65N5O10. The van der Waals surface area contributed by atoms with Crippen LogP contribution in [0.2, 0.25) is 0 Å². The summed E-state index contributed by atoms with van der Waals surface area (Å²) in [5.74, 6) is -3.36. The van der Waals surface area contributed by atoms with E-state index in [1.807, 2.05) is 59.7 Å². The molecule has 4 rings (SSSR count). The molecule has 3 saturated heterocycles. The second-order valence-electron chi connectivity index (χ2n) is 17.0. The number of ketones is 1. The highest BCUT2D eigenvalue weighted by Crippen LogP contribution is 2.43. The molecule has 0 saturated carbocycles. The van der Waals surface area contributed by atoms with Gasteiger partial charge >= 0.3 is 18.0 Å². The van der Waals surface area contributed by atoms with Gasteiger partial charge in [-0.1, -0.05) is 57.9 Å². The molecule has 0 radical (unpaired) electrons. The van der Waals surface area contributed by atoms with Crippen LogP contribution in [0.15, 0.2) is 35.4 Å². The van der Waals surface area contributed by atoms with Crippen LogP contribution in [-0.2, 0) is 38.0 Å². The molecule has 15 nitrogen and oxygen atoms in total. The molecule has 0 aliphatic carbocycles. The molecule has 13 atom stereocenters. The molecule has 0 N–H and O–H groups in total. The summed E-state index contributed by atoms with van der Waals surface area (Å²) >= 11 is 0. The Hall–Kier alpha value is -3.75. The minimum Gasteiger partial charge on any atom is -0.458 e. The quantitative estimate of drug-likeness (QED) is 0.0533. The van der Waals surface area contributed by atoms with E-state index in [4.69, 9.17) is 34.0 Å². The van der Waals surface area contributed by atoms with Gasteiger partial charge in [0.15, 0.2) is 18.0 Å². The standard InChI is InChI=1S/C42H65N5O10/c1-12-32-42(8)35(47(40(51)57-42)21-17-16-20-44-45-43)29(6)33(48)27(4)24-41(7,52-11)36(25(2)22-26(3)37(49)54-32)56-39-34(31(46(9)10)23-28(5)53-39)55-38(50)30-18-14-13-15-19-30/h13-15,18-19,25-29,31-32,34-36,39H,12,16-17,20-24H2,1-11H3/t25-,26+,27+,28+,29-,31-,32+,34+,35+,36+,39-,41-,42+/m0/s1. The Bertz CT molecular complexity index is 1590. The topological polar surface area (TPSA) is 179 Å². The fourth-order valence-corrected chi connectivity index (χ4v) is 9.32. The fourth-order valence-electron chi connectivity index (χ4n) is 9.32. The predicted octanol–water partition coefficient (Wildman–Crippen LogP) is 6.97. The highest BCUT2D eigenvalue weighted by atomic mass is 16.7. The zero-order valence-electron chi connectivity index (χ0n) is 35.7. The summed E-state index contributed by atoms with van der Waals surface area (Å²) in [5, 5.41) is 3.61. The van der Waals surface area contributed by atoms with Crippen LogP contribution in [-0.4, -0.2) is 122 Å². The number of carbonyl (C=O) groups is 4. The largest absolute Gasteiger partial charge is 0.458 e. The maximum Gasteiger partial charge on any atom is 0.410 e. The summed E-state index contributed by atoms with van der Waals surface area (Å²) < 4.78 is 38.4. The van der Waals surface area contributed by atoms with Crippen molar-refractivity contribution in [2.45, 2.75) is 148 Å². The normalized spacial score (nSPS) is 36.7. The van der Waals surface area contributed by atoms with Crippen molar-refractivity contribution in [1.29, 1.82) is 0 Å². The smallest absolute Gasteiger partial charge is 0.410 e. The van der Waals surface area contributed by atoms with Crippen LogP contribution in [0, 0.1) is 23.7 Å². The van der Waals surface area contributed by atoms with Crippen LogP contribution in [0.25, 0.3) is 10.4 Å². The van der Waals surface area contributed by atoms with Crippen LogP contribution in [0.1, 0.15) is 104 Å². The molecule has 3 aliphatic heterocycles. The van der Waals surface area contributed by atoms with E-state index in [-0.39, 0.29) is 43.4 Å². The number of benzene rings is 1. The Morgan fingerprint density at radius 1 is 1.04 bits per heavy atom. The number of hydrogen-bond acceptors (Lipinski definition) is 12. The van der Waals surface area contributed by atoms with E-state index in [1.54, 1.807) is 57.0 Å². The highest BCUT2D eigenvalue weighted by Gasteiger charge is 2.60. The molecule has 1 aromatic carbocycles. The van der Waals surface area contributed by atoms with Crippen molar-refractivity contribution in [2.75, 3.05) is 34.3 Å². The van der Waals surface area contributed by atoms with Gasteiger partial charge in [-0.25, -0.2) is 9.59 Å². The van der Waals surface area contributed by atoms with E-state index in [1.165, 1.54) is 0 Å². The first kappa shape index (κ1) is 45.9. The number of Topliss-reactive ketones (excluding diaryl/α,β-unsaturated/α-hetero) is 1. The number of ether oxygens (including phenoxy) is 6. The number of hydrogen-bond donors (Lipinski definition) is 0. The average Bonchev–Trinajstić information content (AvgIpc) is 3.44. The van der Waals surface area contributed by atoms with Gasteiger partial charge in [-0.2, -0.15) is 0 Å². The zero-order chi connectivity index (χ0) is 42.2. The van der Waals surface area contributed by atoms with Crippen LogP contribution < -0.4 is 0 Å². The lowest BCUT2D eigenvalue weighted by Gasteiger charge is -2.48. The van der Waals surface area contributed by atoms with Crippen LogP contribution in [0.5, 0.6) is 0 Å². The minimum atomic E-state index is -1.32. The van der Waals surface area contributed by atoms with E-state index in [0.717, 1.165) is 0 Å². The lowest BCUT2D eigenvalue weighted by Crippen LogP contribution is -2.60. The van der Waals surface area contributed by atoms with Gasteiger partial charge in [-0.15, -0.1) is 0 Å². The third-order valence-electron chi connectivity index (χ3n) is 12.3. The molecular weight excluding hydrogens is 734 g/mol. The van der Waals surface area contributed by atoms with Gasteiger partial charge < -0.3 is 38.2 Å². The highest BCUT2D eigenvalue weighted by molar-refractivity contribution is 5.89. The predicted molar refractivity (Wildman–Crippen MR) is 212 cm³/mol. The van der Waals surface area contributed by atoms with E-state index in [2.05, 4.69) is 10.0 Å². The maximum absolute atomic E-state index is 14.7. The van der Waals surface area contributed by atoms with Crippen molar-refractivity contribution < 1.29 is 47.6 Å². The Kier molecular flexibility index (Phi) is 16.0. The monoisotopic (exact) mass is 799 g/mol. The van der Waals surface area contributed by atoms with Gasteiger partial charge in [0.2, 0.25) is 0 Å². The summed E-state index contributed by atoms with van der Waals surface area (Å²) in [6, 6.07) is 7.77. The molecule has 3 heterocycles. The molecule has 57 heavy (non-hydrogen) atoms. The SMILES string of the molecule is CC[C@H]1OC(=O)[C@H](C)C[C@H](C)[C@@H](O[C@@H]2O[C@H](C)C[C@H](N(C)C)[C@H]2OC(=O)c2ccccc2)[C@@](C)(OC)C[C@@H](C)C(=O)[C@H](C)[C@H]2N(CCCCN=[N+]=[N-])C(=O)O[C@]12C. The minimum absolute atomic E-state index is 0.116. The van der Waals surface area contributed by atoms with Crippen LogP contribution in [0.4, 0.5) is 4.79 Å². The number of azide groups is 1. The van der Waals surface area contributed by atoms with Gasteiger partial charge in [0.25, 0.3) is 0 Å². The molecule has 1 amide bonds. The molecule has 3 aliphatic rings. The first-order valence-electron chi connectivity index (χ1n) is 20.4. The van der Waals surface area contributed by atoms with E-state index < -0.39 is 77.6 Å². The Morgan fingerprint density at radius 2 is 1.72 bits per heavy atom. The number of cyclic esters (lactones) is 1. The van der Waals surface area contributed by atoms with Crippen LogP contribution in [0.3, 0.4) is 0 Å². The number of likely N-dealkylation sites (N-methyl/N-ethyl adjacent to an activating group) is 1. The van der Waals surface area contributed by atoms with Gasteiger partial charge in [-0.05, 0) is 97.0 Å². The fraction of sp³-hybridized carbons (Fsp3) is 0.762. The third kappa shape index (κ3) is 10.5. The van der Waals surface area contributed by atoms with Crippen molar-refractivity contribution in [2.24, 2.45) is 28.8 Å². The molecule has 1 aromatic rings. The van der Waals surface area contributed by atoms with Crippen molar-refractivity contribution in [3.8, 4) is 0 Å². The first-order valence-corrected chi connectivity index (χ1v) is 20.4. The number of carbonyl (C=O) groups excluding carboxylic acids is 4. The molecule has 0 unspecified atom stereocenters. The summed E-state index contributed by atoms with van der Waals surface area (Å²) in [7, 11) is 5.43. The summed E-state index contributed by atoms with van der Waals surface area (Å²) in [4.78, 5) is 62.2. The number of fused-ring (bicyclic) bond motifs is 1. The second-order valence-corrected chi connectivity index (χ2v) is 17.0. The number of methoxy groups -OCH3 is 1. The van der Waals surface area contributed by atoms with Crippen LogP contribution >= 0.6 is 0 Å². The number of unbranched alkanes of at least 4 members (excludes halogenated alkanes) is 1. The number of nitrogens with zero attached hydrogens (tertiary/aromatic N) is 5. The van der Waals surface area contributed by atoms with Gasteiger partial charge in [0, 0.05) is 36.9 Å². The number of amides is 1. The zero-order valence-corrected chi connectivity index (χ0v) is 35.7. The molecule has 15 heteroatoms. The van der Waals surface area contributed by atoms with Gasteiger partial charge in [0.05, 0.1) is 41.4 Å². The summed E-state index contributed by atoms with van der Waals surface area (Å²) in [5.41, 5.74) is 6.70. The molecule has 318 valence electrons. The number of rotatable bonds is 12. The Morgan fingerprint density at radius 3 is 2.33 bits per heavy atom. The molecule has 0 bridgehead atoms. The lowest BCUT2D eigenvalue weighted by molar-refractivity contribution is -0.296. The number of esters is 2. The van der Waals surface area contributed by atoms with Crippen molar-refractivity contribution in [3.05, 3.63) is 46.3 Å². The summed E-state index contributed by atoms with van der Waals surface area (Å²) in [6.07, 6.45) is -1.72. The van der Waals surface area contributed by atoms with E-state index in [0.29, 0.717) is 37.7 Å². The Balaban J connectivity index is 1.75. The second kappa shape index (κ2) is 19.8. The molecule has 3 fully saturated rings. The van der Waals surface area contributed by atoms with Crippen molar-refractivity contribution in [1.82, 2.24) is 9.80 Å².